The van der Waals surface area contributed by atoms with Gasteiger partial charge in [-0.25, -0.2) is 8.42 Å². The number of nitrogens with zero attached hydrogens (tertiary/aromatic N) is 1. The lowest BCUT2D eigenvalue weighted by molar-refractivity contribution is 0.325. The van der Waals surface area contributed by atoms with Crippen molar-refractivity contribution in [1.29, 1.82) is 0 Å². The Morgan fingerprint density at radius 2 is 1.50 bits per heavy atom. The summed E-state index contributed by atoms with van der Waals surface area (Å²) in [6.45, 7) is 0.491. The molecular weight excluding hydrogens is 270 g/mol. The molecule has 18 heavy (non-hydrogen) atoms. The molecule has 0 saturated heterocycles. The molecule has 0 aromatic carbocycles. The highest BCUT2D eigenvalue weighted by Gasteiger charge is 2.37. The minimum Gasteiger partial charge on any atom is -0.212 e. The fraction of sp³-hybridized carbons (Fsp3) is 1.00. The highest BCUT2D eigenvalue weighted by molar-refractivity contribution is 7.89. The largest absolute Gasteiger partial charge is 0.217 e. The Balaban J connectivity index is 2.11. The Morgan fingerprint density at radius 1 is 0.944 bits per heavy atom. The van der Waals surface area contributed by atoms with E-state index < -0.39 is 10.0 Å². The van der Waals surface area contributed by atoms with Crippen LogP contribution in [-0.4, -0.2) is 36.4 Å². The van der Waals surface area contributed by atoms with Crippen LogP contribution in [0.5, 0.6) is 0 Å². The van der Waals surface area contributed by atoms with E-state index >= 15 is 0 Å². The van der Waals surface area contributed by atoms with Crippen LogP contribution in [0, 0.1) is 0 Å². The molecule has 0 unspecified atom stereocenters. The number of rotatable bonds is 5. The van der Waals surface area contributed by atoms with E-state index in [0.717, 1.165) is 51.4 Å². The van der Waals surface area contributed by atoms with E-state index in [1.54, 1.807) is 4.31 Å². The summed E-state index contributed by atoms with van der Waals surface area (Å²) in [7, 11) is -3.12. The second kappa shape index (κ2) is 6.58. The Hall–Kier alpha value is 0.200. The van der Waals surface area contributed by atoms with Crippen LogP contribution in [0.2, 0.25) is 0 Å². The van der Waals surface area contributed by atoms with Crippen molar-refractivity contribution in [3.05, 3.63) is 0 Å². The molecule has 5 heteroatoms. The summed E-state index contributed by atoms with van der Waals surface area (Å²) in [5, 5.41) is -0.143. The number of alkyl halides is 1. The number of hydrogen-bond acceptors (Lipinski definition) is 2. The molecule has 0 aromatic heterocycles. The highest BCUT2D eigenvalue weighted by Crippen LogP contribution is 2.31. The van der Waals surface area contributed by atoms with Crippen LogP contribution in [0.3, 0.4) is 0 Å². The first-order valence-electron chi connectivity index (χ1n) is 7.23. The van der Waals surface area contributed by atoms with Gasteiger partial charge in [0.15, 0.2) is 0 Å². The minimum atomic E-state index is -3.12. The van der Waals surface area contributed by atoms with Crippen LogP contribution in [0.1, 0.15) is 57.8 Å². The van der Waals surface area contributed by atoms with Crippen LogP contribution >= 0.6 is 11.6 Å². The quantitative estimate of drug-likeness (QED) is 0.730. The minimum absolute atomic E-state index is 0.143. The zero-order valence-electron chi connectivity index (χ0n) is 11.0. The Kier molecular flexibility index (Phi) is 5.34. The summed E-state index contributed by atoms with van der Waals surface area (Å²) < 4.78 is 27.2. The van der Waals surface area contributed by atoms with Crippen LogP contribution in [0.4, 0.5) is 0 Å². The van der Waals surface area contributed by atoms with Crippen LogP contribution in [0.15, 0.2) is 0 Å². The van der Waals surface area contributed by atoms with Gasteiger partial charge in [0.2, 0.25) is 10.0 Å². The summed E-state index contributed by atoms with van der Waals surface area (Å²) in [5.41, 5.74) is 0. The van der Waals surface area contributed by atoms with E-state index in [9.17, 15) is 8.42 Å². The SMILES string of the molecule is O=S(=O)(C1CCCCC1)N(CCCl)C1CCCC1. The fourth-order valence-corrected chi connectivity index (χ4v) is 5.91. The van der Waals surface area contributed by atoms with Crippen molar-refractivity contribution in [2.45, 2.75) is 69.1 Å². The molecule has 2 rings (SSSR count). The average Bonchev–Trinajstić information content (AvgIpc) is 2.90. The first-order valence-corrected chi connectivity index (χ1v) is 9.26. The Labute approximate surface area is 116 Å². The van der Waals surface area contributed by atoms with Gasteiger partial charge >= 0.3 is 0 Å². The summed E-state index contributed by atoms with van der Waals surface area (Å²) in [5.74, 6) is 0.405. The van der Waals surface area contributed by atoms with Gasteiger partial charge in [-0.05, 0) is 25.7 Å². The smallest absolute Gasteiger partial charge is 0.212 e. The predicted molar refractivity (Wildman–Crippen MR) is 75.5 cm³/mol. The summed E-state index contributed by atoms with van der Waals surface area (Å²) >= 11 is 5.81. The number of sulfonamides is 1. The average molecular weight is 294 g/mol. The first kappa shape index (κ1) is 14.6. The van der Waals surface area contributed by atoms with Gasteiger partial charge in [-0.15, -0.1) is 11.6 Å². The van der Waals surface area contributed by atoms with Gasteiger partial charge in [-0.2, -0.15) is 4.31 Å². The molecule has 2 fully saturated rings. The summed E-state index contributed by atoms with van der Waals surface area (Å²) in [6, 6.07) is 0.218. The normalized spacial score (nSPS) is 23.9. The first-order chi connectivity index (χ1) is 8.66. The molecule has 0 aromatic rings. The summed E-state index contributed by atoms with van der Waals surface area (Å²) in [4.78, 5) is 0. The lowest BCUT2D eigenvalue weighted by Gasteiger charge is -2.33. The Bertz CT molecular complexity index is 346. The molecule has 2 saturated carbocycles. The molecule has 0 heterocycles. The maximum absolute atomic E-state index is 12.7. The van der Waals surface area contributed by atoms with Crippen molar-refractivity contribution >= 4 is 21.6 Å². The van der Waals surface area contributed by atoms with Crippen molar-refractivity contribution < 1.29 is 8.42 Å². The zero-order valence-corrected chi connectivity index (χ0v) is 12.6. The van der Waals surface area contributed by atoms with Gasteiger partial charge < -0.3 is 0 Å². The highest BCUT2D eigenvalue weighted by atomic mass is 35.5. The molecule has 0 amide bonds. The molecule has 2 aliphatic carbocycles. The van der Waals surface area contributed by atoms with Crippen LogP contribution in [0.25, 0.3) is 0 Å². The fourth-order valence-electron chi connectivity index (χ4n) is 3.35. The van der Waals surface area contributed by atoms with Crippen molar-refractivity contribution in [2.24, 2.45) is 0 Å². The maximum Gasteiger partial charge on any atom is 0.217 e. The van der Waals surface area contributed by atoms with E-state index in [1.165, 1.54) is 6.42 Å². The van der Waals surface area contributed by atoms with Crippen molar-refractivity contribution in [3.63, 3.8) is 0 Å². The third-order valence-corrected chi connectivity index (χ3v) is 6.95. The van der Waals surface area contributed by atoms with E-state index in [2.05, 4.69) is 0 Å². The van der Waals surface area contributed by atoms with E-state index in [-0.39, 0.29) is 11.3 Å². The Morgan fingerprint density at radius 3 is 2.06 bits per heavy atom. The van der Waals surface area contributed by atoms with E-state index in [4.69, 9.17) is 11.6 Å². The van der Waals surface area contributed by atoms with Crippen molar-refractivity contribution in [3.8, 4) is 0 Å². The lowest BCUT2D eigenvalue weighted by atomic mass is 10.0. The molecule has 0 atom stereocenters. The van der Waals surface area contributed by atoms with E-state index in [1.807, 2.05) is 0 Å². The van der Waals surface area contributed by atoms with Gasteiger partial charge in [0.25, 0.3) is 0 Å². The van der Waals surface area contributed by atoms with Crippen molar-refractivity contribution in [1.82, 2.24) is 4.31 Å². The van der Waals surface area contributed by atoms with Crippen LogP contribution < -0.4 is 0 Å². The molecule has 2 aliphatic rings. The van der Waals surface area contributed by atoms with E-state index in [0.29, 0.717) is 12.4 Å². The molecule has 0 aliphatic heterocycles. The van der Waals surface area contributed by atoms with Gasteiger partial charge in [-0.1, -0.05) is 32.1 Å². The topological polar surface area (TPSA) is 37.4 Å². The van der Waals surface area contributed by atoms with Gasteiger partial charge in [-0.3, -0.25) is 0 Å². The van der Waals surface area contributed by atoms with Crippen LogP contribution in [-0.2, 0) is 10.0 Å². The zero-order chi connectivity index (χ0) is 13.0. The molecular formula is C13H24ClNO2S. The molecule has 0 spiro atoms. The predicted octanol–water partition coefficient (Wildman–Crippen LogP) is 3.13. The number of hydrogen-bond donors (Lipinski definition) is 0. The summed E-state index contributed by atoms with van der Waals surface area (Å²) in [6.07, 6.45) is 9.33. The second-order valence-electron chi connectivity index (χ2n) is 5.54. The van der Waals surface area contributed by atoms with Gasteiger partial charge in [0.1, 0.15) is 0 Å². The standard InChI is InChI=1S/C13H24ClNO2S/c14-10-11-15(12-6-4-5-7-12)18(16,17)13-8-2-1-3-9-13/h12-13H,1-11H2. The van der Waals surface area contributed by atoms with Gasteiger partial charge in [0.05, 0.1) is 5.25 Å². The molecule has 0 bridgehead atoms. The van der Waals surface area contributed by atoms with Crippen molar-refractivity contribution in [2.75, 3.05) is 12.4 Å². The van der Waals surface area contributed by atoms with Gasteiger partial charge in [0, 0.05) is 18.5 Å². The molecule has 106 valence electrons. The second-order valence-corrected chi connectivity index (χ2v) is 8.09. The third kappa shape index (κ3) is 3.20. The molecule has 0 radical (unpaired) electrons. The lowest BCUT2D eigenvalue weighted by Crippen LogP contribution is -2.45. The monoisotopic (exact) mass is 293 g/mol. The maximum atomic E-state index is 12.7. The molecule has 3 nitrogen and oxygen atoms in total. The molecule has 0 N–H and O–H groups in total. The number of halogens is 1. The third-order valence-electron chi connectivity index (χ3n) is 4.34.